The van der Waals surface area contributed by atoms with Crippen molar-refractivity contribution in [2.45, 2.75) is 25.4 Å². The lowest BCUT2D eigenvalue weighted by Gasteiger charge is -2.17. The average molecular weight is 220 g/mol. The number of alkyl halides is 3. The van der Waals surface area contributed by atoms with Crippen molar-refractivity contribution in [1.82, 2.24) is 9.97 Å². The van der Waals surface area contributed by atoms with Crippen LogP contribution in [0.1, 0.15) is 25.1 Å². The van der Waals surface area contributed by atoms with Gasteiger partial charge in [0.25, 0.3) is 0 Å². The van der Waals surface area contributed by atoms with E-state index < -0.39 is 12.1 Å². The highest BCUT2D eigenvalue weighted by Crippen LogP contribution is 2.35. The van der Waals surface area contributed by atoms with Gasteiger partial charge in [-0.1, -0.05) is 6.92 Å². The van der Waals surface area contributed by atoms with Crippen molar-refractivity contribution in [1.29, 1.82) is 0 Å². The Morgan fingerprint density at radius 2 is 2.00 bits per heavy atom. The molecule has 0 radical (unpaired) electrons. The summed E-state index contributed by atoms with van der Waals surface area (Å²) in [6, 6.07) is 0. The van der Waals surface area contributed by atoms with Crippen LogP contribution in [-0.2, 0) is 0 Å². The van der Waals surface area contributed by atoms with Crippen molar-refractivity contribution in [2.24, 2.45) is 0 Å². The van der Waals surface area contributed by atoms with E-state index in [0.29, 0.717) is 0 Å². The quantitative estimate of drug-likeness (QED) is 0.795. The zero-order valence-corrected chi connectivity index (χ0v) is 8.04. The van der Waals surface area contributed by atoms with E-state index in [2.05, 4.69) is 9.97 Å². The van der Waals surface area contributed by atoms with Crippen LogP contribution in [-0.4, -0.2) is 16.1 Å². The van der Waals surface area contributed by atoms with Crippen molar-refractivity contribution in [3.05, 3.63) is 12.0 Å². The van der Waals surface area contributed by atoms with Gasteiger partial charge in [0, 0.05) is 0 Å². The number of nitrogen functional groups attached to an aromatic ring is 2. The second-order valence-corrected chi connectivity index (χ2v) is 3.07. The Morgan fingerprint density at radius 3 is 2.40 bits per heavy atom. The third-order valence-corrected chi connectivity index (χ3v) is 1.98. The predicted molar refractivity (Wildman–Crippen MR) is 49.9 cm³/mol. The molecule has 4 N–H and O–H groups in total. The maximum Gasteiger partial charge on any atom is 0.398 e. The lowest BCUT2D eigenvalue weighted by Crippen LogP contribution is -2.22. The maximum absolute atomic E-state index is 12.5. The summed E-state index contributed by atoms with van der Waals surface area (Å²) >= 11 is 0. The molecule has 0 aliphatic rings. The fraction of sp³-hybridized carbons (Fsp3) is 0.500. The highest BCUT2D eigenvalue weighted by atomic mass is 19.4. The highest BCUT2D eigenvalue weighted by molar-refractivity contribution is 5.56. The van der Waals surface area contributed by atoms with Gasteiger partial charge in [0.2, 0.25) is 0 Å². The first kappa shape index (κ1) is 11.5. The molecule has 0 aliphatic carbocycles. The van der Waals surface area contributed by atoms with Crippen LogP contribution >= 0.6 is 0 Å². The first-order chi connectivity index (χ1) is 6.86. The predicted octanol–water partition coefficient (Wildman–Crippen LogP) is 1.70. The first-order valence-corrected chi connectivity index (χ1v) is 4.30. The van der Waals surface area contributed by atoms with E-state index in [1.54, 1.807) is 0 Å². The lowest BCUT2D eigenvalue weighted by molar-refractivity contribution is -0.152. The molecule has 1 aromatic heterocycles. The Bertz CT molecular complexity index is 350. The second-order valence-electron chi connectivity index (χ2n) is 3.07. The van der Waals surface area contributed by atoms with Gasteiger partial charge in [-0.3, -0.25) is 0 Å². The number of hydrogen-bond donors (Lipinski definition) is 2. The summed E-state index contributed by atoms with van der Waals surface area (Å²) in [7, 11) is 0. The maximum atomic E-state index is 12.5. The van der Waals surface area contributed by atoms with E-state index in [1.807, 2.05) is 0 Å². The molecule has 15 heavy (non-hydrogen) atoms. The van der Waals surface area contributed by atoms with Gasteiger partial charge in [0.15, 0.2) is 0 Å². The summed E-state index contributed by atoms with van der Waals surface area (Å²) in [6.45, 7) is 1.41. The van der Waals surface area contributed by atoms with Crippen LogP contribution in [0.5, 0.6) is 0 Å². The van der Waals surface area contributed by atoms with E-state index in [4.69, 9.17) is 11.5 Å². The number of halogens is 3. The molecule has 0 aromatic carbocycles. The summed E-state index contributed by atoms with van der Waals surface area (Å²) in [5.41, 5.74) is 10.7. The van der Waals surface area contributed by atoms with E-state index in [-0.39, 0.29) is 23.8 Å². The fourth-order valence-electron chi connectivity index (χ4n) is 1.15. The molecule has 1 atom stereocenters. The minimum atomic E-state index is -4.36. The Kier molecular flexibility index (Phi) is 3.01. The molecule has 1 aromatic rings. The number of nitrogens with zero attached hydrogens (tertiary/aromatic N) is 2. The SMILES string of the molecule is CCC(c1ncc(N)c(N)n1)C(F)(F)F. The Morgan fingerprint density at radius 1 is 1.40 bits per heavy atom. The standard InChI is InChI=1S/C8H11F3N4/c1-2-4(8(9,10)11)7-14-3-5(12)6(13)15-7/h3-4H,2,12H2,1H3,(H2,13,14,15). The molecule has 4 nitrogen and oxygen atoms in total. The van der Waals surface area contributed by atoms with Crippen LogP contribution in [0.2, 0.25) is 0 Å². The molecule has 1 rings (SSSR count). The molecule has 7 heteroatoms. The van der Waals surface area contributed by atoms with Gasteiger partial charge in [0.1, 0.15) is 17.6 Å². The van der Waals surface area contributed by atoms with Crippen LogP contribution in [0.15, 0.2) is 6.20 Å². The Hall–Kier alpha value is -1.53. The molecule has 0 saturated heterocycles. The summed E-state index contributed by atoms with van der Waals surface area (Å²) in [6.07, 6.45) is -3.41. The molecular formula is C8H11F3N4. The van der Waals surface area contributed by atoms with Crippen molar-refractivity contribution in [2.75, 3.05) is 11.5 Å². The molecule has 0 aliphatic heterocycles. The number of anilines is 2. The van der Waals surface area contributed by atoms with E-state index >= 15 is 0 Å². The number of aromatic nitrogens is 2. The lowest BCUT2D eigenvalue weighted by atomic mass is 10.1. The molecular weight excluding hydrogens is 209 g/mol. The summed E-state index contributed by atoms with van der Waals surface area (Å²) in [4.78, 5) is 7.07. The Labute approximate surface area is 84.5 Å². The molecule has 0 bridgehead atoms. The second kappa shape index (κ2) is 3.92. The third-order valence-electron chi connectivity index (χ3n) is 1.98. The minimum Gasteiger partial charge on any atom is -0.394 e. The van der Waals surface area contributed by atoms with E-state index in [1.165, 1.54) is 6.92 Å². The molecule has 1 heterocycles. The fourth-order valence-corrected chi connectivity index (χ4v) is 1.15. The van der Waals surface area contributed by atoms with Gasteiger partial charge in [-0.2, -0.15) is 13.2 Å². The zero-order valence-electron chi connectivity index (χ0n) is 8.04. The summed E-state index contributed by atoms with van der Waals surface area (Å²) < 4.78 is 37.5. The monoisotopic (exact) mass is 220 g/mol. The van der Waals surface area contributed by atoms with Gasteiger partial charge in [-0.05, 0) is 6.42 Å². The minimum absolute atomic E-state index is 0.0794. The normalized spacial score (nSPS) is 13.9. The van der Waals surface area contributed by atoms with Crippen molar-refractivity contribution in [3.8, 4) is 0 Å². The first-order valence-electron chi connectivity index (χ1n) is 4.30. The van der Waals surface area contributed by atoms with Crippen molar-refractivity contribution >= 4 is 11.5 Å². The Balaban J connectivity index is 3.08. The number of hydrogen-bond acceptors (Lipinski definition) is 4. The van der Waals surface area contributed by atoms with Crippen LogP contribution < -0.4 is 11.5 Å². The molecule has 0 spiro atoms. The molecule has 84 valence electrons. The topological polar surface area (TPSA) is 77.8 Å². The molecule has 0 amide bonds. The largest absolute Gasteiger partial charge is 0.398 e. The zero-order chi connectivity index (χ0) is 11.6. The number of rotatable bonds is 2. The van der Waals surface area contributed by atoms with Gasteiger partial charge in [-0.25, -0.2) is 9.97 Å². The van der Waals surface area contributed by atoms with E-state index in [0.717, 1.165) is 6.20 Å². The van der Waals surface area contributed by atoms with Crippen LogP contribution in [0.3, 0.4) is 0 Å². The molecule has 0 fully saturated rings. The average Bonchev–Trinajstić information content (AvgIpc) is 2.10. The van der Waals surface area contributed by atoms with Gasteiger partial charge in [0.05, 0.1) is 11.9 Å². The van der Waals surface area contributed by atoms with E-state index in [9.17, 15) is 13.2 Å². The third kappa shape index (κ3) is 2.48. The van der Waals surface area contributed by atoms with Crippen molar-refractivity contribution in [3.63, 3.8) is 0 Å². The molecule has 0 saturated carbocycles. The van der Waals surface area contributed by atoms with Gasteiger partial charge < -0.3 is 11.5 Å². The van der Waals surface area contributed by atoms with Crippen molar-refractivity contribution < 1.29 is 13.2 Å². The smallest absolute Gasteiger partial charge is 0.394 e. The summed E-state index contributed by atoms with van der Waals surface area (Å²) in [5, 5.41) is 0. The van der Waals surface area contributed by atoms with Crippen LogP contribution in [0.4, 0.5) is 24.7 Å². The van der Waals surface area contributed by atoms with Crippen LogP contribution in [0.25, 0.3) is 0 Å². The highest BCUT2D eigenvalue weighted by Gasteiger charge is 2.41. The molecule has 1 unspecified atom stereocenters. The summed E-state index contributed by atoms with van der Waals surface area (Å²) in [5.74, 6) is -2.15. The van der Waals surface area contributed by atoms with Gasteiger partial charge in [-0.15, -0.1) is 0 Å². The number of nitrogens with two attached hydrogens (primary N) is 2. The van der Waals surface area contributed by atoms with Crippen LogP contribution in [0, 0.1) is 0 Å². The van der Waals surface area contributed by atoms with Gasteiger partial charge >= 0.3 is 6.18 Å².